The van der Waals surface area contributed by atoms with Gasteiger partial charge >= 0.3 is 12.0 Å². The summed E-state index contributed by atoms with van der Waals surface area (Å²) < 4.78 is 10.5. The minimum absolute atomic E-state index is 0.0931. The van der Waals surface area contributed by atoms with Gasteiger partial charge in [0.25, 0.3) is 5.91 Å². The van der Waals surface area contributed by atoms with Crippen molar-refractivity contribution in [1.82, 2.24) is 10.6 Å². The van der Waals surface area contributed by atoms with Crippen LogP contribution >= 0.6 is 0 Å². The lowest BCUT2D eigenvalue weighted by Gasteiger charge is -2.23. The highest BCUT2D eigenvalue weighted by atomic mass is 16.6. The molecule has 0 bridgehead atoms. The smallest absolute Gasteiger partial charge is 0.344 e. The van der Waals surface area contributed by atoms with Gasteiger partial charge in [-0.1, -0.05) is 37.0 Å². The van der Waals surface area contributed by atoms with Gasteiger partial charge in [0.05, 0.1) is 0 Å². The number of hydrogen-bond acceptors (Lipinski definition) is 5. The molecule has 1 saturated carbocycles. The van der Waals surface area contributed by atoms with Crippen molar-refractivity contribution in [3.05, 3.63) is 29.3 Å². The first kappa shape index (κ1) is 20.7. The van der Waals surface area contributed by atoms with Gasteiger partial charge in [-0.25, -0.2) is 9.59 Å². The van der Waals surface area contributed by atoms with Crippen LogP contribution in [0.2, 0.25) is 0 Å². The van der Waals surface area contributed by atoms with Gasteiger partial charge in [0.15, 0.2) is 12.7 Å². The van der Waals surface area contributed by atoms with Crippen LogP contribution in [0.25, 0.3) is 0 Å². The first-order chi connectivity index (χ1) is 12.8. The van der Waals surface area contributed by atoms with E-state index in [-0.39, 0.29) is 12.6 Å². The number of carbonyl (C=O) groups is 3. The Balaban J connectivity index is 1.72. The summed E-state index contributed by atoms with van der Waals surface area (Å²) in [6.07, 6.45) is 4.08. The van der Waals surface area contributed by atoms with Crippen molar-refractivity contribution in [3.8, 4) is 5.75 Å². The van der Waals surface area contributed by atoms with Crippen LogP contribution in [-0.2, 0) is 14.3 Å². The zero-order valence-corrected chi connectivity index (χ0v) is 16.2. The van der Waals surface area contributed by atoms with E-state index in [0.717, 1.165) is 36.8 Å². The highest BCUT2D eigenvalue weighted by Gasteiger charge is 2.22. The van der Waals surface area contributed by atoms with E-state index in [0.29, 0.717) is 5.75 Å². The number of benzene rings is 1. The van der Waals surface area contributed by atoms with Gasteiger partial charge in [-0.05, 0) is 45.2 Å². The second-order valence-corrected chi connectivity index (χ2v) is 6.99. The molecule has 3 amide bonds. The zero-order valence-electron chi connectivity index (χ0n) is 16.2. The molecule has 27 heavy (non-hydrogen) atoms. The molecule has 7 nitrogen and oxygen atoms in total. The largest absolute Gasteiger partial charge is 0.482 e. The maximum absolute atomic E-state index is 12.0. The van der Waals surface area contributed by atoms with E-state index in [1.54, 1.807) is 6.07 Å². The SMILES string of the molecule is Cc1ccc(OCC(=O)O[C@H](C)C(=O)NC(=O)NC2CCCCC2)c(C)c1. The summed E-state index contributed by atoms with van der Waals surface area (Å²) in [5.74, 6) is -0.755. The van der Waals surface area contributed by atoms with E-state index in [1.165, 1.54) is 13.3 Å². The Morgan fingerprint density at radius 1 is 1.15 bits per heavy atom. The molecule has 2 N–H and O–H groups in total. The number of hydrogen-bond donors (Lipinski definition) is 2. The summed E-state index contributed by atoms with van der Waals surface area (Å²) >= 11 is 0. The van der Waals surface area contributed by atoms with Crippen molar-refractivity contribution in [2.24, 2.45) is 0 Å². The molecule has 1 fully saturated rings. The third kappa shape index (κ3) is 6.92. The second-order valence-electron chi connectivity index (χ2n) is 6.99. The van der Waals surface area contributed by atoms with Crippen molar-refractivity contribution in [2.45, 2.75) is 65.0 Å². The standard InChI is InChI=1S/C20H28N2O5/c1-13-9-10-17(14(2)11-13)26-12-18(23)27-15(3)19(24)22-20(25)21-16-7-5-4-6-8-16/h9-11,15-16H,4-8,12H2,1-3H3,(H2,21,22,24,25)/t15-/m1/s1. The van der Waals surface area contributed by atoms with Crippen LogP contribution < -0.4 is 15.4 Å². The maximum atomic E-state index is 12.0. The highest BCUT2D eigenvalue weighted by Crippen LogP contribution is 2.19. The van der Waals surface area contributed by atoms with E-state index >= 15 is 0 Å². The van der Waals surface area contributed by atoms with Crippen LogP contribution in [0, 0.1) is 13.8 Å². The van der Waals surface area contributed by atoms with Gasteiger partial charge < -0.3 is 14.8 Å². The van der Waals surface area contributed by atoms with E-state index in [2.05, 4.69) is 10.6 Å². The minimum atomic E-state index is -1.09. The molecule has 0 radical (unpaired) electrons. The Labute approximate surface area is 159 Å². The Morgan fingerprint density at radius 2 is 1.85 bits per heavy atom. The molecular formula is C20H28N2O5. The van der Waals surface area contributed by atoms with Gasteiger partial charge in [-0.15, -0.1) is 0 Å². The molecule has 7 heteroatoms. The lowest BCUT2D eigenvalue weighted by atomic mass is 9.96. The second kappa shape index (κ2) is 9.94. The summed E-state index contributed by atoms with van der Waals surface area (Å²) in [6, 6.07) is 5.15. The van der Waals surface area contributed by atoms with Gasteiger partial charge in [-0.3, -0.25) is 10.1 Å². The van der Waals surface area contributed by atoms with Crippen LogP contribution in [0.15, 0.2) is 18.2 Å². The third-order valence-corrected chi connectivity index (χ3v) is 4.53. The molecule has 1 aliphatic rings. The van der Waals surface area contributed by atoms with Crippen LogP contribution in [0.4, 0.5) is 4.79 Å². The Morgan fingerprint density at radius 3 is 2.52 bits per heavy atom. The third-order valence-electron chi connectivity index (χ3n) is 4.53. The Kier molecular flexibility index (Phi) is 7.64. The van der Waals surface area contributed by atoms with Gasteiger partial charge in [0.2, 0.25) is 0 Å². The normalized spacial score (nSPS) is 15.5. The predicted molar refractivity (Wildman–Crippen MR) is 101 cm³/mol. The molecule has 0 aliphatic heterocycles. The molecule has 0 spiro atoms. The zero-order chi connectivity index (χ0) is 19.8. The monoisotopic (exact) mass is 376 g/mol. The summed E-state index contributed by atoms with van der Waals surface area (Å²) in [7, 11) is 0. The van der Waals surface area contributed by atoms with Crippen LogP contribution in [0.5, 0.6) is 5.75 Å². The van der Waals surface area contributed by atoms with Crippen LogP contribution in [0.3, 0.4) is 0 Å². The molecular weight excluding hydrogens is 348 g/mol. The lowest BCUT2D eigenvalue weighted by Crippen LogP contribution is -2.48. The molecule has 0 aromatic heterocycles. The predicted octanol–water partition coefficient (Wildman–Crippen LogP) is 2.77. The summed E-state index contributed by atoms with van der Waals surface area (Å²) in [5, 5.41) is 4.99. The van der Waals surface area contributed by atoms with Gasteiger partial charge in [0, 0.05) is 6.04 Å². The maximum Gasteiger partial charge on any atom is 0.344 e. The first-order valence-electron chi connectivity index (χ1n) is 9.36. The minimum Gasteiger partial charge on any atom is -0.482 e. The fraction of sp³-hybridized carbons (Fsp3) is 0.550. The lowest BCUT2D eigenvalue weighted by molar-refractivity contribution is -0.156. The first-order valence-corrected chi connectivity index (χ1v) is 9.36. The summed E-state index contributed by atoms with van der Waals surface area (Å²) in [6.45, 7) is 4.96. The van der Waals surface area contributed by atoms with Crippen molar-refractivity contribution in [2.75, 3.05) is 6.61 Å². The molecule has 1 aromatic carbocycles. The fourth-order valence-electron chi connectivity index (χ4n) is 3.06. The summed E-state index contributed by atoms with van der Waals surface area (Å²) in [4.78, 5) is 35.8. The quantitative estimate of drug-likeness (QED) is 0.745. The molecule has 0 saturated heterocycles. The average molecular weight is 376 g/mol. The van der Waals surface area contributed by atoms with Crippen LogP contribution in [0.1, 0.15) is 50.2 Å². The molecule has 1 aromatic rings. The van der Waals surface area contributed by atoms with Crippen molar-refractivity contribution in [3.63, 3.8) is 0 Å². The molecule has 1 aliphatic carbocycles. The van der Waals surface area contributed by atoms with E-state index < -0.39 is 24.0 Å². The average Bonchev–Trinajstić information content (AvgIpc) is 2.61. The summed E-state index contributed by atoms with van der Waals surface area (Å²) in [5.41, 5.74) is 2.01. The van der Waals surface area contributed by atoms with Crippen molar-refractivity contribution in [1.29, 1.82) is 0 Å². The number of aryl methyl sites for hydroxylation is 2. The number of nitrogens with one attached hydrogen (secondary N) is 2. The van der Waals surface area contributed by atoms with E-state index in [4.69, 9.17) is 9.47 Å². The molecule has 1 atom stereocenters. The number of carbonyl (C=O) groups excluding carboxylic acids is 3. The molecule has 0 heterocycles. The number of urea groups is 1. The number of esters is 1. The molecule has 0 unspecified atom stereocenters. The van der Waals surface area contributed by atoms with Gasteiger partial charge in [0.1, 0.15) is 5.75 Å². The van der Waals surface area contributed by atoms with Gasteiger partial charge in [-0.2, -0.15) is 0 Å². The van der Waals surface area contributed by atoms with E-state index in [9.17, 15) is 14.4 Å². The number of ether oxygens (including phenoxy) is 2. The fourth-order valence-corrected chi connectivity index (χ4v) is 3.06. The van der Waals surface area contributed by atoms with Crippen LogP contribution in [-0.4, -0.2) is 36.7 Å². The number of amides is 3. The Bertz CT molecular complexity index is 683. The topological polar surface area (TPSA) is 93.7 Å². The van der Waals surface area contributed by atoms with Crippen molar-refractivity contribution < 1.29 is 23.9 Å². The van der Waals surface area contributed by atoms with Crippen molar-refractivity contribution >= 4 is 17.9 Å². The number of rotatable bonds is 6. The molecule has 2 rings (SSSR count). The number of imide groups is 1. The molecule has 148 valence electrons. The Hall–Kier alpha value is -2.57. The highest BCUT2D eigenvalue weighted by molar-refractivity contribution is 5.97. The van der Waals surface area contributed by atoms with E-state index in [1.807, 2.05) is 26.0 Å².